The standard InChI is InChI=1S/C13H27N3O/c1-3-12-7-4-5-10-16(12)11-13(17)15(2)9-6-8-14/h12H,3-11,14H2,1-2H3. The maximum atomic E-state index is 12.0. The molecule has 1 rings (SSSR count). The van der Waals surface area contributed by atoms with Crippen LogP contribution >= 0.6 is 0 Å². The third-order valence-corrected chi connectivity index (χ3v) is 3.68. The summed E-state index contributed by atoms with van der Waals surface area (Å²) < 4.78 is 0. The van der Waals surface area contributed by atoms with Crippen LogP contribution in [0.2, 0.25) is 0 Å². The monoisotopic (exact) mass is 241 g/mol. The lowest BCUT2D eigenvalue weighted by atomic mass is 10.00. The number of rotatable bonds is 6. The number of nitrogens with zero attached hydrogens (tertiary/aromatic N) is 2. The van der Waals surface area contributed by atoms with Gasteiger partial charge in [-0.25, -0.2) is 0 Å². The summed E-state index contributed by atoms with van der Waals surface area (Å²) in [5, 5.41) is 0. The number of carbonyl (C=O) groups is 1. The summed E-state index contributed by atoms with van der Waals surface area (Å²) in [6, 6.07) is 0.607. The van der Waals surface area contributed by atoms with Gasteiger partial charge >= 0.3 is 0 Å². The fourth-order valence-corrected chi connectivity index (χ4v) is 2.48. The van der Waals surface area contributed by atoms with E-state index in [9.17, 15) is 4.79 Å². The molecule has 4 nitrogen and oxygen atoms in total. The summed E-state index contributed by atoms with van der Waals surface area (Å²) in [4.78, 5) is 16.2. The molecule has 4 heteroatoms. The molecule has 1 amide bonds. The van der Waals surface area contributed by atoms with Crippen molar-refractivity contribution in [1.29, 1.82) is 0 Å². The van der Waals surface area contributed by atoms with Gasteiger partial charge in [-0.3, -0.25) is 9.69 Å². The second kappa shape index (κ2) is 7.67. The highest BCUT2D eigenvalue weighted by molar-refractivity contribution is 5.78. The molecule has 100 valence electrons. The zero-order valence-corrected chi connectivity index (χ0v) is 11.3. The Balaban J connectivity index is 2.37. The summed E-state index contributed by atoms with van der Waals surface area (Å²) >= 11 is 0. The van der Waals surface area contributed by atoms with Crippen LogP contribution in [0.3, 0.4) is 0 Å². The predicted octanol–water partition coefficient (Wildman–Crippen LogP) is 1.06. The molecule has 0 spiro atoms. The van der Waals surface area contributed by atoms with E-state index in [4.69, 9.17) is 5.73 Å². The van der Waals surface area contributed by atoms with Crippen LogP contribution in [-0.4, -0.2) is 55.0 Å². The van der Waals surface area contributed by atoms with Gasteiger partial charge in [-0.05, 0) is 38.8 Å². The average Bonchev–Trinajstić information content (AvgIpc) is 2.36. The number of piperidine rings is 1. The Morgan fingerprint density at radius 3 is 2.88 bits per heavy atom. The SMILES string of the molecule is CCC1CCCCN1CC(=O)N(C)CCCN. The van der Waals surface area contributed by atoms with Gasteiger partial charge in [-0.1, -0.05) is 13.3 Å². The van der Waals surface area contributed by atoms with E-state index >= 15 is 0 Å². The van der Waals surface area contributed by atoms with Crippen LogP contribution < -0.4 is 5.73 Å². The molecule has 1 aliphatic heterocycles. The lowest BCUT2D eigenvalue weighted by molar-refractivity contribution is -0.132. The minimum Gasteiger partial charge on any atom is -0.345 e. The molecule has 0 aromatic rings. The van der Waals surface area contributed by atoms with Crippen molar-refractivity contribution in [2.75, 3.05) is 33.2 Å². The molecule has 0 bridgehead atoms. The van der Waals surface area contributed by atoms with Gasteiger partial charge < -0.3 is 10.6 Å². The molecule has 0 radical (unpaired) electrons. The number of amides is 1. The van der Waals surface area contributed by atoms with Crippen LogP contribution in [0, 0.1) is 0 Å². The van der Waals surface area contributed by atoms with Gasteiger partial charge in [0.2, 0.25) is 5.91 Å². The molecule has 1 atom stereocenters. The lowest BCUT2D eigenvalue weighted by Gasteiger charge is -2.35. The molecule has 1 fully saturated rings. The predicted molar refractivity (Wildman–Crippen MR) is 70.8 cm³/mol. The molecule has 17 heavy (non-hydrogen) atoms. The van der Waals surface area contributed by atoms with Crippen LogP contribution in [0.15, 0.2) is 0 Å². The first-order valence-corrected chi connectivity index (χ1v) is 6.87. The third kappa shape index (κ3) is 4.64. The average molecular weight is 241 g/mol. The second-order valence-electron chi connectivity index (χ2n) is 4.99. The van der Waals surface area contributed by atoms with Gasteiger partial charge in [0, 0.05) is 19.6 Å². The van der Waals surface area contributed by atoms with E-state index in [-0.39, 0.29) is 5.91 Å². The number of carbonyl (C=O) groups excluding carboxylic acids is 1. The van der Waals surface area contributed by atoms with Crippen LogP contribution in [0.25, 0.3) is 0 Å². The number of hydrogen-bond donors (Lipinski definition) is 1. The van der Waals surface area contributed by atoms with E-state index < -0.39 is 0 Å². The van der Waals surface area contributed by atoms with E-state index in [2.05, 4.69) is 11.8 Å². The van der Waals surface area contributed by atoms with Crippen molar-refractivity contribution in [3.63, 3.8) is 0 Å². The van der Waals surface area contributed by atoms with E-state index in [1.165, 1.54) is 19.3 Å². The Morgan fingerprint density at radius 1 is 1.47 bits per heavy atom. The lowest BCUT2D eigenvalue weighted by Crippen LogP contribution is -2.46. The van der Waals surface area contributed by atoms with Crippen molar-refractivity contribution in [1.82, 2.24) is 9.80 Å². The minimum absolute atomic E-state index is 0.235. The van der Waals surface area contributed by atoms with E-state index in [1.54, 1.807) is 0 Å². The van der Waals surface area contributed by atoms with Crippen LogP contribution in [0.4, 0.5) is 0 Å². The van der Waals surface area contributed by atoms with Crippen molar-refractivity contribution >= 4 is 5.91 Å². The minimum atomic E-state index is 0.235. The van der Waals surface area contributed by atoms with Crippen LogP contribution in [0.1, 0.15) is 39.0 Å². The maximum Gasteiger partial charge on any atom is 0.236 e. The Labute approximate surface area is 105 Å². The number of hydrogen-bond acceptors (Lipinski definition) is 3. The highest BCUT2D eigenvalue weighted by atomic mass is 16.2. The van der Waals surface area contributed by atoms with Crippen LogP contribution in [0.5, 0.6) is 0 Å². The first-order chi connectivity index (χ1) is 8.19. The largest absolute Gasteiger partial charge is 0.345 e. The van der Waals surface area contributed by atoms with Crippen molar-refractivity contribution in [3.05, 3.63) is 0 Å². The third-order valence-electron chi connectivity index (χ3n) is 3.68. The quantitative estimate of drug-likeness (QED) is 0.756. The highest BCUT2D eigenvalue weighted by Gasteiger charge is 2.23. The first-order valence-electron chi connectivity index (χ1n) is 6.87. The molecule has 1 saturated heterocycles. The summed E-state index contributed by atoms with van der Waals surface area (Å²) in [5.74, 6) is 0.235. The molecule has 0 saturated carbocycles. The van der Waals surface area contributed by atoms with E-state index in [0.717, 1.165) is 25.9 Å². The van der Waals surface area contributed by atoms with Crippen molar-refractivity contribution < 1.29 is 4.79 Å². The van der Waals surface area contributed by atoms with Gasteiger partial charge in [-0.15, -0.1) is 0 Å². The first kappa shape index (κ1) is 14.5. The Hall–Kier alpha value is -0.610. The second-order valence-corrected chi connectivity index (χ2v) is 4.99. The normalized spacial score (nSPS) is 21.5. The smallest absolute Gasteiger partial charge is 0.236 e. The molecule has 0 aliphatic carbocycles. The number of likely N-dealkylation sites (N-methyl/N-ethyl adjacent to an activating group) is 1. The fourth-order valence-electron chi connectivity index (χ4n) is 2.48. The molecule has 1 heterocycles. The van der Waals surface area contributed by atoms with Gasteiger partial charge in [0.15, 0.2) is 0 Å². The Bertz CT molecular complexity index is 233. The summed E-state index contributed by atoms with van der Waals surface area (Å²) in [6.07, 6.45) is 5.83. The van der Waals surface area contributed by atoms with Gasteiger partial charge in [0.25, 0.3) is 0 Å². The van der Waals surface area contributed by atoms with Crippen molar-refractivity contribution in [2.45, 2.75) is 45.1 Å². The molecular weight excluding hydrogens is 214 g/mol. The summed E-state index contributed by atoms with van der Waals surface area (Å²) in [6.45, 7) is 5.30. The van der Waals surface area contributed by atoms with Crippen LogP contribution in [-0.2, 0) is 4.79 Å². The maximum absolute atomic E-state index is 12.0. The summed E-state index contributed by atoms with van der Waals surface area (Å²) in [7, 11) is 1.88. The topological polar surface area (TPSA) is 49.6 Å². The van der Waals surface area contributed by atoms with Crippen molar-refractivity contribution in [2.24, 2.45) is 5.73 Å². The van der Waals surface area contributed by atoms with Crippen molar-refractivity contribution in [3.8, 4) is 0 Å². The highest BCUT2D eigenvalue weighted by Crippen LogP contribution is 2.19. The molecule has 2 N–H and O–H groups in total. The molecule has 0 aromatic carbocycles. The number of nitrogens with two attached hydrogens (primary N) is 1. The molecule has 1 unspecified atom stereocenters. The number of likely N-dealkylation sites (tertiary alicyclic amines) is 1. The van der Waals surface area contributed by atoms with E-state index in [1.807, 2.05) is 11.9 Å². The van der Waals surface area contributed by atoms with Gasteiger partial charge in [-0.2, -0.15) is 0 Å². The van der Waals surface area contributed by atoms with Gasteiger partial charge in [0.1, 0.15) is 0 Å². The zero-order chi connectivity index (χ0) is 12.7. The Morgan fingerprint density at radius 2 is 2.24 bits per heavy atom. The zero-order valence-electron chi connectivity index (χ0n) is 11.3. The Kier molecular flexibility index (Phi) is 6.52. The summed E-state index contributed by atoms with van der Waals surface area (Å²) in [5.41, 5.74) is 5.46. The van der Waals surface area contributed by atoms with Gasteiger partial charge in [0.05, 0.1) is 6.54 Å². The molecular formula is C13H27N3O. The van der Waals surface area contributed by atoms with E-state index in [0.29, 0.717) is 19.1 Å². The fraction of sp³-hybridized carbons (Fsp3) is 0.923. The molecule has 0 aromatic heterocycles. The molecule has 1 aliphatic rings.